The lowest BCUT2D eigenvalue weighted by atomic mass is 10.2. The fourth-order valence-electron chi connectivity index (χ4n) is 1.78. The molecule has 5 nitrogen and oxygen atoms in total. The van der Waals surface area contributed by atoms with Gasteiger partial charge in [-0.1, -0.05) is 20.8 Å². The average Bonchev–Trinajstić information content (AvgIpc) is 2.33. The van der Waals surface area contributed by atoms with Crippen LogP contribution in [0.25, 0.3) is 0 Å². The van der Waals surface area contributed by atoms with Crippen molar-refractivity contribution in [1.29, 1.82) is 0 Å². The number of sulfonamides is 1. The number of hydrogen-bond donors (Lipinski definition) is 1. The van der Waals surface area contributed by atoms with Crippen molar-refractivity contribution in [1.82, 2.24) is 9.62 Å². The van der Waals surface area contributed by atoms with Gasteiger partial charge < -0.3 is 10.1 Å². The van der Waals surface area contributed by atoms with Crippen LogP contribution in [0.1, 0.15) is 33.6 Å². The van der Waals surface area contributed by atoms with E-state index < -0.39 is 10.0 Å². The van der Waals surface area contributed by atoms with Gasteiger partial charge in [-0.3, -0.25) is 0 Å². The Kier molecular flexibility index (Phi) is 10.5. The summed E-state index contributed by atoms with van der Waals surface area (Å²) in [6.45, 7) is 9.38. The van der Waals surface area contributed by atoms with Crippen LogP contribution in [-0.4, -0.2) is 58.4 Å². The molecular weight excluding hydrogens is 264 g/mol. The van der Waals surface area contributed by atoms with E-state index in [0.717, 1.165) is 19.5 Å². The fraction of sp³-hybridized carbons (Fsp3) is 1.00. The molecule has 0 heterocycles. The summed E-state index contributed by atoms with van der Waals surface area (Å²) in [6.07, 6.45) is 1.60. The monoisotopic (exact) mass is 294 g/mol. The van der Waals surface area contributed by atoms with Crippen LogP contribution in [0.2, 0.25) is 0 Å². The van der Waals surface area contributed by atoms with Gasteiger partial charge in [0, 0.05) is 20.2 Å². The van der Waals surface area contributed by atoms with Crippen molar-refractivity contribution < 1.29 is 13.2 Å². The smallest absolute Gasteiger partial charge is 0.214 e. The van der Waals surface area contributed by atoms with E-state index >= 15 is 0 Å². The van der Waals surface area contributed by atoms with Gasteiger partial charge in [0.1, 0.15) is 0 Å². The molecule has 0 amide bonds. The zero-order valence-corrected chi connectivity index (χ0v) is 13.6. The highest BCUT2D eigenvalue weighted by atomic mass is 32.2. The van der Waals surface area contributed by atoms with Crippen molar-refractivity contribution in [2.45, 2.75) is 33.6 Å². The van der Waals surface area contributed by atoms with Gasteiger partial charge in [0.25, 0.3) is 0 Å². The first-order valence-corrected chi connectivity index (χ1v) is 8.72. The molecule has 0 aromatic rings. The largest absolute Gasteiger partial charge is 0.383 e. The van der Waals surface area contributed by atoms with E-state index in [2.05, 4.69) is 5.32 Å². The molecule has 0 spiro atoms. The third kappa shape index (κ3) is 9.38. The number of unbranched alkanes of at least 4 members (excludes halogenated alkanes) is 1. The summed E-state index contributed by atoms with van der Waals surface area (Å²) in [5.41, 5.74) is 0. The molecule has 6 heteroatoms. The maximum atomic E-state index is 12.3. The quantitative estimate of drug-likeness (QED) is 0.551. The minimum atomic E-state index is -3.15. The summed E-state index contributed by atoms with van der Waals surface area (Å²) in [5, 5.41) is 3.20. The van der Waals surface area contributed by atoms with Crippen molar-refractivity contribution in [2.24, 2.45) is 5.92 Å². The Labute approximate surface area is 118 Å². The second-order valence-corrected chi connectivity index (χ2v) is 7.21. The van der Waals surface area contributed by atoms with E-state index in [1.807, 2.05) is 20.8 Å². The number of rotatable bonds is 12. The van der Waals surface area contributed by atoms with E-state index in [9.17, 15) is 8.42 Å². The molecule has 0 aromatic carbocycles. The van der Waals surface area contributed by atoms with Crippen LogP contribution < -0.4 is 5.32 Å². The number of ether oxygens (including phenoxy) is 1. The van der Waals surface area contributed by atoms with Crippen LogP contribution in [0, 0.1) is 5.92 Å². The van der Waals surface area contributed by atoms with Crippen LogP contribution in [0.5, 0.6) is 0 Å². The molecule has 19 heavy (non-hydrogen) atoms. The molecule has 0 unspecified atom stereocenters. The highest BCUT2D eigenvalue weighted by molar-refractivity contribution is 7.89. The lowest BCUT2D eigenvalue weighted by Gasteiger charge is -2.23. The Hall–Kier alpha value is -0.170. The number of hydrogen-bond acceptors (Lipinski definition) is 4. The molecule has 0 radical (unpaired) electrons. The van der Waals surface area contributed by atoms with Gasteiger partial charge in [0.05, 0.1) is 12.4 Å². The first-order chi connectivity index (χ1) is 8.94. The molecule has 0 saturated carbocycles. The topological polar surface area (TPSA) is 58.6 Å². The van der Waals surface area contributed by atoms with Gasteiger partial charge in [0.15, 0.2) is 0 Å². The normalized spacial score (nSPS) is 12.5. The van der Waals surface area contributed by atoms with Gasteiger partial charge in [-0.15, -0.1) is 0 Å². The number of methoxy groups -OCH3 is 1. The van der Waals surface area contributed by atoms with E-state index in [4.69, 9.17) is 4.74 Å². The Morgan fingerprint density at radius 2 is 1.95 bits per heavy atom. The lowest BCUT2D eigenvalue weighted by Crippen LogP contribution is -2.38. The maximum absolute atomic E-state index is 12.3. The molecule has 0 fully saturated rings. The van der Waals surface area contributed by atoms with Gasteiger partial charge in [-0.2, -0.15) is 4.31 Å². The van der Waals surface area contributed by atoms with Crippen molar-refractivity contribution in [3.8, 4) is 0 Å². The molecule has 116 valence electrons. The van der Waals surface area contributed by atoms with Crippen molar-refractivity contribution in [3.05, 3.63) is 0 Å². The standard InChI is InChI=1S/C13H30N2O3S/c1-5-14-8-6-7-11-19(16,17)15(9-10-18-4)12-13(2)3/h13-14H,5-12H2,1-4H3. The summed E-state index contributed by atoms with van der Waals surface area (Å²) < 4.78 is 31.1. The Morgan fingerprint density at radius 1 is 1.26 bits per heavy atom. The fourth-order valence-corrected chi connectivity index (χ4v) is 3.49. The molecule has 0 aliphatic carbocycles. The van der Waals surface area contributed by atoms with Gasteiger partial charge in [-0.25, -0.2) is 8.42 Å². The highest BCUT2D eigenvalue weighted by Crippen LogP contribution is 2.08. The van der Waals surface area contributed by atoms with E-state index in [-0.39, 0.29) is 5.75 Å². The molecule has 0 bridgehead atoms. The minimum absolute atomic E-state index is 0.231. The predicted octanol–water partition coefficient (Wildman–Crippen LogP) is 1.31. The zero-order valence-electron chi connectivity index (χ0n) is 12.8. The molecule has 0 atom stereocenters. The summed E-state index contributed by atoms with van der Waals surface area (Å²) in [7, 11) is -1.56. The highest BCUT2D eigenvalue weighted by Gasteiger charge is 2.21. The number of nitrogens with one attached hydrogen (secondary N) is 1. The summed E-state index contributed by atoms with van der Waals surface area (Å²) >= 11 is 0. The van der Waals surface area contributed by atoms with Crippen LogP contribution >= 0.6 is 0 Å². The zero-order chi connectivity index (χ0) is 14.7. The minimum Gasteiger partial charge on any atom is -0.383 e. The van der Waals surface area contributed by atoms with Gasteiger partial charge >= 0.3 is 0 Å². The van der Waals surface area contributed by atoms with Crippen LogP contribution in [0.3, 0.4) is 0 Å². The summed E-state index contributed by atoms with van der Waals surface area (Å²) in [5.74, 6) is 0.558. The van der Waals surface area contributed by atoms with Gasteiger partial charge in [-0.05, 0) is 31.8 Å². The van der Waals surface area contributed by atoms with Crippen molar-refractivity contribution in [2.75, 3.05) is 45.6 Å². The Bertz CT molecular complexity index is 305. The molecular formula is C13H30N2O3S. The third-order valence-corrected chi connectivity index (χ3v) is 4.69. The number of nitrogens with zero attached hydrogens (tertiary/aromatic N) is 1. The lowest BCUT2D eigenvalue weighted by molar-refractivity contribution is 0.175. The van der Waals surface area contributed by atoms with E-state index in [1.54, 1.807) is 11.4 Å². The van der Waals surface area contributed by atoms with Crippen LogP contribution in [0.15, 0.2) is 0 Å². The maximum Gasteiger partial charge on any atom is 0.214 e. The summed E-state index contributed by atoms with van der Waals surface area (Å²) in [6, 6.07) is 0. The molecule has 0 aliphatic heterocycles. The van der Waals surface area contributed by atoms with Crippen LogP contribution in [0.4, 0.5) is 0 Å². The molecule has 1 N–H and O–H groups in total. The van der Waals surface area contributed by atoms with E-state index in [0.29, 0.717) is 32.0 Å². The molecule has 0 aliphatic rings. The third-order valence-electron chi connectivity index (χ3n) is 2.76. The first kappa shape index (κ1) is 18.8. The van der Waals surface area contributed by atoms with Crippen LogP contribution in [-0.2, 0) is 14.8 Å². The average molecular weight is 294 g/mol. The predicted molar refractivity (Wildman–Crippen MR) is 79.9 cm³/mol. The Morgan fingerprint density at radius 3 is 2.47 bits per heavy atom. The molecule has 0 aromatic heterocycles. The first-order valence-electron chi connectivity index (χ1n) is 7.11. The molecule has 0 saturated heterocycles. The second kappa shape index (κ2) is 10.6. The second-order valence-electron chi connectivity index (χ2n) is 5.12. The van der Waals surface area contributed by atoms with Gasteiger partial charge in [0.2, 0.25) is 10.0 Å². The van der Waals surface area contributed by atoms with E-state index in [1.165, 1.54) is 0 Å². The SMILES string of the molecule is CCNCCCCS(=O)(=O)N(CCOC)CC(C)C. The summed E-state index contributed by atoms with van der Waals surface area (Å²) in [4.78, 5) is 0. The van der Waals surface area contributed by atoms with Crippen molar-refractivity contribution in [3.63, 3.8) is 0 Å². The molecule has 0 rings (SSSR count). The van der Waals surface area contributed by atoms with Crippen molar-refractivity contribution >= 4 is 10.0 Å². The Balaban J connectivity index is 4.26.